The number of carboxylic acids is 1. The van der Waals surface area contributed by atoms with Crippen LogP contribution in [0.3, 0.4) is 0 Å². The number of amides is 1. The standard InChI is InChI=1S/C15H21ClN2O3/c1-11(15(20)21)18(10-8-17-12(2)19)9-7-13-3-5-14(16)6-4-13/h3-6,11H,7-10H2,1-2H3,(H,17,19)(H,20,21). The van der Waals surface area contributed by atoms with Gasteiger partial charge in [0.2, 0.25) is 5.91 Å². The third-order valence-electron chi connectivity index (χ3n) is 3.28. The van der Waals surface area contributed by atoms with E-state index in [1.54, 1.807) is 6.92 Å². The molecule has 1 atom stereocenters. The molecule has 1 amide bonds. The average Bonchev–Trinajstić information content (AvgIpc) is 2.43. The van der Waals surface area contributed by atoms with Gasteiger partial charge in [0, 0.05) is 31.6 Å². The van der Waals surface area contributed by atoms with Crippen LogP contribution in [0.2, 0.25) is 5.02 Å². The van der Waals surface area contributed by atoms with Crippen LogP contribution in [-0.4, -0.2) is 47.6 Å². The normalized spacial score (nSPS) is 12.2. The summed E-state index contributed by atoms with van der Waals surface area (Å²) in [4.78, 5) is 23.9. The Hall–Kier alpha value is -1.59. The summed E-state index contributed by atoms with van der Waals surface area (Å²) < 4.78 is 0. The Bertz CT molecular complexity index is 476. The molecule has 0 aliphatic heterocycles. The first-order valence-corrected chi connectivity index (χ1v) is 7.23. The van der Waals surface area contributed by atoms with Crippen molar-refractivity contribution in [2.45, 2.75) is 26.3 Å². The minimum Gasteiger partial charge on any atom is -0.480 e. The van der Waals surface area contributed by atoms with Gasteiger partial charge in [0.25, 0.3) is 0 Å². The zero-order valence-corrected chi connectivity index (χ0v) is 13.1. The molecule has 116 valence electrons. The van der Waals surface area contributed by atoms with Crippen molar-refractivity contribution in [1.29, 1.82) is 0 Å². The van der Waals surface area contributed by atoms with Gasteiger partial charge in [-0.3, -0.25) is 14.5 Å². The van der Waals surface area contributed by atoms with Crippen LogP contribution in [-0.2, 0) is 16.0 Å². The largest absolute Gasteiger partial charge is 0.480 e. The van der Waals surface area contributed by atoms with Gasteiger partial charge < -0.3 is 10.4 Å². The highest BCUT2D eigenvalue weighted by Gasteiger charge is 2.19. The Balaban J connectivity index is 2.57. The van der Waals surface area contributed by atoms with Crippen LogP contribution >= 0.6 is 11.6 Å². The van der Waals surface area contributed by atoms with Crippen molar-refractivity contribution in [3.05, 3.63) is 34.9 Å². The van der Waals surface area contributed by atoms with E-state index in [9.17, 15) is 9.59 Å². The molecule has 0 aromatic heterocycles. The maximum Gasteiger partial charge on any atom is 0.320 e. The van der Waals surface area contributed by atoms with Crippen molar-refractivity contribution >= 4 is 23.5 Å². The second-order valence-electron chi connectivity index (χ2n) is 4.91. The molecule has 5 nitrogen and oxygen atoms in total. The number of nitrogens with zero attached hydrogens (tertiary/aromatic N) is 1. The molecular weight excluding hydrogens is 292 g/mol. The second-order valence-corrected chi connectivity index (χ2v) is 5.35. The molecule has 1 unspecified atom stereocenters. The van der Waals surface area contributed by atoms with Crippen molar-refractivity contribution < 1.29 is 14.7 Å². The lowest BCUT2D eigenvalue weighted by Crippen LogP contribution is -2.44. The Kier molecular flexibility index (Phi) is 7.19. The molecule has 1 aromatic carbocycles. The van der Waals surface area contributed by atoms with E-state index in [1.807, 2.05) is 29.2 Å². The van der Waals surface area contributed by atoms with E-state index in [0.717, 1.165) is 12.0 Å². The maximum absolute atomic E-state index is 11.1. The third-order valence-corrected chi connectivity index (χ3v) is 3.53. The molecule has 0 aliphatic carbocycles. The average molecular weight is 313 g/mol. The highest BCUT2D eigenvalue weighted by atomic mass is 35.5. The van der Waals surface area contributed by atoms with Crippen LogP contribution in [0.25, 0.3) is 0 Å². The fourth-order valence-corrected chi connectivity index (χ4v) is 2.08. The van der Waals surface area contributed by atoms with Crippen molar-refractivity contribution in [2.75, 3.05) is 19.6 Å². The molecule has 0 fully saturated rings. The fourth-order valence-electron chi connectivity index (χ4n) is 1.95. The van der Waals surface area contributed by atoms with Crippen molar-refractivity contribution in [3.8, 4) is 0 Å². The van der Waals surface area contributed by atoms with Crippen LogP contribution in [0.1, 0.15) is 19.4 Å². The lowest BCUT2D eigenvalue weighted by Gasteiger charge is -2.26. The molecule has 0 saturated carbocycles. The molecule has 1 rings (SSSR count). The van der Waals surface area contributed by atoms with Crippen molar-refractivity contribution in [1.82, 2.24) is 10.2 Å². The number of hydrogen-bond acceptors (Lipinski definition) is 3. The number of hydrogen-bond donors (Lipinski definition) is 2. The van der Waals surface area contributed by atoms with E-state index in [4.69, 9.17) is 16.7 Å². The van der Waals surface area contributed by atoms with E-state index in [2.05, 4.69) is 5.32 Å². The molecule has 1 aromatic rings. The summed E-state index contributed by atoms with van der Waals surface area (Å²) in [6.45, 7) is 4.64. The number of nitrogens with one attached hydrogen (secondary N) is 1. The highest BCUT2D eigenvalue weighted by Crippen LogP contribution is 2.11. The number of halogens is 1. The molecule has 0 saturated heterocycles. The Morgan fingerprint density at radius 2 is 1.90 bits per heavy atom. The van der Waals surface area contributed by atoms with Gasteiger partial charge in [-0.15, -0.1) is 0 Å². The van der Waals surface area contributed by atoms with E-state index < -0.39 is 12.0 Å². The number of rotatable bonds is 8. The summed E-state index contributed by atoms with van der Waals surface area (Å²) >= 11 is 5.84. The van der Waals surface area contributed by atoms with Gasteiger partial charge in [-0.2, -0.15) is 0 Å². The van der Waals surface area contributed by atoms with Gasteiger partial charge in [-0.1, -0.05) is 23.7 Å². The molecule has 0 aliphatic rings. The summed E-state index contributed by atoms with van der Waals surface area (Å²) in [5.74, 6) is -0.982. The monoisotopic (exact) mass is 312 g/mol. The maximum atomic E-state index is 11.1. The second kappa shape index (κ2) is 8.64. The Morgan fingerprint density at radius 1 is 1.29 bits per heavy atom. The van der Waals surface area contributed by atoms with Crippen molar-refractivity contribution in [3.63, 3.8) is 0 Å². The van der Waals surface area contributed by atoms with Gasteiger partial charge >= 0.3 is 5.97 Å². The van der Waals surface area contributed by atoms with Crippen LogP contribution in [0.5, 0.6) is 0 Å². The van der Waals surface area contributed by atoms with E-state index in [1.165, 1.54) is 6.92 Å². The Labute approximate surface area is 129 Å². The van der Waals surface area contributed by atoms with Crippen LogP contribution in [0, 0.1) is 0 Å². The number of carbonyl (C=O) groups excluding carboxylic acids is 1. The highest BCUT2D eigenvalue weighted by molar-refractivity contribution is 6.30. The van der Waals surface area contributed by atoms with E-state index >= 15 is 0 Å². The van der Waals surface area contributed by atoms with Gasteiger partial charge in [-0.05, 0) is 31.0 Å². The predicted octanol–water partition coefficient (Wildman–Crippen LogP) is 1.79. The SMILES string of the molecule is CC(=O)NCCN(CCc1ccc(Cl)cc1)C(C)C(=O)O. The minimum atomic E-state index is -0.867. The molecule has 0 bridgehead atoms. The fraction of sp³-hybridized carbons (Fsp3) is 0.467. The molecule has 6 heteroatoms. The van der Waals surface area contributed by atoms with Gasteiger partial charge in [0.1, 0.15) is 6.04 Å². The number of carbonyl (C=O) groups is 2. The molecule has 0 radical (unpaired) electrons. The van der Waals surface area contributed by atoms with Gasteiger partial charge in [0.15, 0.2) is 0 Å². The van der Waals surface area contributed by atoms with E-state index in [-0.39, 0.29) is 5.91 Å². The minimum absolute atomic E-state index is 0.115. The van der Waals surface area contributed by atoms with Crippen LogP contribution in [0.15, 0.2) is 24.3 Å². The molecule has 21 heavy (non-hydrogen) atoms. The molecule has 2 N–H and O–H groups in total. The van der Waals surface area contributed by atoms with Crippen LogP contribution < -0.4 is 5.32 Å². The number of carboxylic acid groups (broad SMARTS) is 1. The van der Waals surface area contributed by atoms with Crippen molar-refractivity contribution in [2.24, 2.45) is 0 Å². The number of benzene rings is 1. The molecule has 0 heterocycles. The first-order valence-electron chi connectivity index (χ1n) is 6.86. The summed E-state index contributed by atoms with van der Waals surface area (Å²) in [6, 6.07) is 6.91. The lowest BCUT2D eigenvalue weighted by molar-refractivity contribution is -0.142. The number of aliphatic carboxylic acids is 1. The van der Waals surface area contributed by atoms with Gasteiger partial charge in [-0.25, -0.2) is 0 Å². The summed E-state index contributed by atoms with van der Waals surface area (Å²) in [6.07, 6.45) is 0.731. The molecule has 0 spiro atoms. The first-order chi connectivity index (χ1) is 9.90. The zero-order valence-electron chi connectivity index (χ0n) is 12.3. The summed E-state index contributed by atoms with van der Waals surface area (Å²) in [5, 5.41) is 12.5. The third kappa shape index (κ3) is 6.60. The predicted molar refractivity (Wildman–Crippen MR) is 82.5 cm³/mol. The topological polar surface area (TPSA) is 69.6 Å². The molecular formula is C15H21ClN2O3. The Morgan fingerprint density at radius 3 is 2.43 bits per heavy atom. The zero-order chi connectivity index (χ0) is 15.8. The van der Waals surface area contributed by atoms with Gasteiger partial charge in [0.05, 0.1) is 0 Å². The van der Waals surface area contributed by atoms with Crippen LogP contribution in [0.4, 0.5) is 0 Å². The first kappa shape index (κ1) is 17.5. The summed E-state index contributed by atoms with van der Waals surface area (Å²) in [5.41, 5.74) is 1.10. The lowest BCUT2D eigenvalue weighted by atomic mass is 10.1. The quantitative estimate of drug-likeness (QED) is 0.768. The smallest absolute Gasteiger partial charge is 0.320 e. The summed E-state index contributed by atoms with van der Waals surface area (Å²) in [7, 11) is 0. The van der Waals surface area contributed by atoms with E-state index in [0.29, 0.717) is 24.7 Å².